The molecule has 3 heterocycles. The fourth-order valence-electron chi connectivity index (χ4n) is 4.40. The topological polar surface area (TPSA) is 99.8 Å². The molecule has 37 heavy (non-hydrogen) atoms. The number of aliphatic hydroxyl groups is 1. The number of piperidine rings is 1. The lowest BCUT2D eigenvalue weighted by Crippen LogP contribution is -2.48. The van der Waals surface area contributed by atoms with Crippen LogP contribution in [0.3, 0.4) is 0 Å². The molecule has 2 unspecified atom stereocenters. The summed E-state index contributed by atoms with van der Waals surface area (Å²) in [6.45, 7) is -0.857. The van der Waals surface area contributed by atoms with Crippen LogP contribution in [0, 0.1) is 11.7 Å². The monoisotopic (exact) mass is 554 g/mol. The van der Waals surface area contributed by atoms with Gasteiger partial charge in [-0.1, -0.05) is 28.8 Å². The van der Waals surface area contributed by atoms with Crippen molar-refractivity contribution in [2.45, 2.75) is 30.2 Å². The van der Waals surface area contributed by atoms with Gasteiger partial charge in [0, 0.05) is 36.7 Å². The predicted molar refractivity (Wildman–Crippen MR) is 131 cm³/mol. The van der Waals surface area contributed by atoms with Gasteiger partial charge in [-0.2, -0.15) is 0 Å². The summed E-state index contributed by atoms with van der Waals surface area (Å²) in [5.74, 6) is -5.55. The first-order chi connectivity index (χ1) is 17.7. The second kappa shape index (κ2) is 10.1. The summed E-state index contributed by atoms with van der Waals surface area (Å²) in [4.78, 5) is 16.0. The maximum absolute atomic E-state index is 15.2. The number of rotatable bonds is 5. The molecule has 0 saturated carbocycles. The lowest BCUT2D eigenvalue weighted by atomic mass is 9.95. The van der Waals surface area contributed by atoms with Crippen LogP contribution in [0.2, 0.25) is 5.02 Å². The largest absolute Gasteiger partial charge is 0.403 e. The Balaban J connectivity index is 1.49. The molecular formula is C24H22ClF3N4O4S. The molecule has 0 spiro atoms. The number of carbonyl (C=O) groups excluding carboxylic acids is 1. The van der Waals surface area contributed by atoms with Gasteiger partial charge in [-0.15, -0.1) is 5.10 Å². The third kappa shape index (κ3) is 5.10. The molecule has 0 aliphatic carbocycles. The van der Waals surface area contributed by atoms with Crippen molar-refractivity contribution in [3.8, 4) is 11.5 Å². The molecule has 13 heteroatoms. The van der Waals surface area contributed by atoms with Crippen LogP contribution in [0.15, 0.2) is 45.7 Å². The molecule has 0 radical (unpaired) electrons. The Morgan fingerprint density at radius 3 is 2.70 bits per heavy atom. The number of fused-ring (bicyclic) bond motifs is 1. The minimum absolute atomic E-state index is 0.0160. The summed E-state index contributed by atoms with van der Waals surface area (Å²) in [5.41, 5.74) is 0.902. The van der Waals surface area contributed by atoms with E-state index in [0.29, 0.717) is 5.02 Å². The second-order valence-corrected chi connectivity index (χ2v) is 10.9. The van der Waals surface area contributed by atoms with Gasteiger partial charge in [0.05, 0.1) is 46.0 Å². The number of amides is 1. The van der Waals surface area contributed by atoms with E-state index < -0.39 is 41.5 Å². The fraction of sp³-hybridized carbons (Fsp3) is 0.375. The van der Waals surface area contributed by atoms with Gasteiger partial charge in [0.25, 0.3) is 11.8 Å². The van der Waals surface area contributed by atoms with E-state index in [0.717, 1.165) is 11.6 Å². The van der Waals surface area contributed by atoms with Crippen molar-refractivity contribution in [2.75, 3.05) is 35.2 Å². The maximum Gasteiger partial charge on any atom is 0.318 e. The van der Waals surface area contributed by atoms with Crippen LogP contribution in [0.1, 0.15) is 18.4 Å². The Morgan fingerprint density at radius 2 is 1.97 bits per heavy atom. The first-order valence-electron chi connectivity index (χ1n) is 11.5. The number of aliphatic hydroxyl groups excluding tert-OH is 1. The molecular weight excluding hydrogens is 533 g/mol. The number of carbonyl (C=O) groups is 1. The first kappa shape index (κ1) is 25.7. The lowest BCUT2D eigenvalue weighted by Gasteiger charge is -2.36. The average molecular weight is 555 g/mol. The number of benzene rings is 2. The predicted octanol–water partition coefficient (Wildman–Crippen LogP) is 4.03. The van der Waals surface area contributed by atoms with Gasteiger partial charge < -0.3 is 19.3 Å². The Hall–Kier alpha value is -2.96. The van der Waals surface area contributed by atoms with Crippen LogP contribution in [-0.4, -0.2) is 56.8 Å². The first-order valence-corrected chi connectivity index (χ1v) is 13.2. The van der Waals surface area contributed by atoms with E-state index in [4.69, 9.17) is 16.0 Å². The number of nitrogens with zero attached hydrogens (tertiary/aromatic N) is 4. The van der Waals surface area contributed by atoms with Crippen molar-refractivity contribution in [3.05, 3.63) is 52.8 Å². The zero-order chi connectivity index (χ0) is 26.3. The molecule has 196 valence electrons. The van der Waals surface area contributed by atoms with Gasteiger partial charge in [0.15, 0.2) is 0 Å². The molecule has 0 bridgehead atoms. The maximum atomic E-state index is 15.2. The molecule has 3 aromatic rings. The summed E-state index contributed by atoms with van der Waals surface area (Å²) in [6, 6.07) is 9.25. The normalized spacial score (nSPS) is 21.6. The highest BCUT2D eigenvalue weighted by Crippen LogP contribution is 2.38. The van der Waals surface area contributed by atoms with E-state index in [1.165, 1.54) is 15.9 Å². The minimum atomic E-state index is -3.02. The summed E-state index contributed by atoms with van der Waals surface area (Å²) in [5, 5.41) is 17.7. The molecule has 2 aromatic carbocycles. The van der Waals surface area contributed by atoms with Crippen LogP contribution in [0.5, 0.6) is 0 Å². The number of aromatic nitrogens is 2. The standard InChI is InChI=1S/C24H22ClF3N4O4S/c25-16-3-1-14(2-4-16)11-32-19-9-17(18(26)10-20(19)37(35)8-5-21(32)34)22-29-30-23(36-22)31-7-6-24(27,28)15(12-31)13-33/h1-4,9-10,15,33H,5-8,11-13H2. The number of hydrogen-bond donors (Lipinski definition) is 1. The van der Waals surface area contributed by atoms with Crippen LogP contribution >= 0.6 is 11.6 Å². The third-order valence-corrected chi connectivity index (χ3v) is 8.17. The van der Waals surface area contributed by atoms with E-state index in [-0.39, 0.29) is 65.8 Å². The Bertz CT molecular complexity index is 1350. The third-order valence-electron chi connectivity index (χ3n) is 6.53. The molecule has 2 atom stereocenters. The van der Waals surface area contributed by atoms with Crippen molar-refractivity contribution in [1.82, 2.24) is 10.2 Å². The molecule has 5 rings (SSSR count). The van der Waals surface area contributed by atoms with Gasteiger partial charge in [-0.3, -0.25) is 9.00 Å². The Morgan fingerprint density at radius 1 is 1.22 bits per heavy atom. The summed E-state index contributed by atoms with van der Waals surface area (Å²) < 4.78 is 61.6. The quantitative estimate of drug-likeness (QED) is 0.508. The molecule has 2 aliphatic heterocycles. The molecule has 2 aliphatic rings. The average Bonchev–Trinajstić information content (AvgIpc) is 3.33. The number of hydrogen-bond acceptors (Lipinski definition) is 7. The molecule has 8 nitrogen and oxygen atoms in total. The zero-order valence-corrected chi connectivity index (χ0v) is 20.9. The SMILES string of the molecule is O=C1CCS(=O)c2cc(F)c(-c3nnc(N4CCC(F)(F)C(CO)C4)o3)cc2N1Cc1ccc(Cl)cc1. The van der Waals surface area contributed by atoms with Crippen LogP contribution in [0.25, 0.3) is 11.5 Å². The molecule has 1 N–H and O–H groups in total. The van der Waals surface area contributed by atoms with Gasteiger partial charge in [0.2, 0.25) is 5.91 Å². The highest BCUT2D eigenvalue weighted by molar-refractivity contribution is 7.85. The van der Waals surface area contributed by atoms with Gasteiger partial charge in [-0.05, 0) is 29.8 Å². The minimum Gasteiger partial charge on any atom is -0.403 e. The lowest BCUT2D eigenvalue weighted by molar-refractivity contribution is -0.118. The van der Waals surface area contributed by atoms with Gasteiger partial charge in [-0.25, -0.2) is 13.2 Å². The van der Waals surface area contributed by atoms with Crippen molar-refractivity contribution >= 4 is 40.0 Å². The van der Waals surface area contributed by atoms with Crippen molar-refractivity contribution in [3.63, 3.8) is 0 Å². The van der Waals surface area contributed by atoms with Crippen molar-refractivity contribution in [1.29, 1.82) is 0 Å². The summed E-state index contributed by atoms with van der Waals surface area (Å²) in [6.07, 6.45) is -0.487. The highest BCUT2D eigenvalue weighted by atomic mass is 35.5. The number of halogens is 4. The molecule has 1 saturated heterocycles. The van der Waals surface area contributed by atoms with Gasteiger partial charge in [0.1, 0.15) is 5.82 Å². The van der Waals surface area contributed by atoms with E-state index in [1.807, 2.05) is 0 Å². The Labute approximate surface area is 217 Å². The van der Waals surface area contributed by atoms with Crippen molar-refractivity contribution in [2.24, 2.45) is 5.92 Å². The molecule has 1 amide bonds. The Kier molecular flexibility index (Phi) is 6.99. The summed E-state index contributed by atoms with van der Waals surface area (Å²) in [7, 11) is -1.61. The van der Waals surface area contributed by atoms with E-state index >= 15 is 4.39 Å². The summed E-state index contributed by atoms with van der Waals surface area (Å²) >= 11 is 5.97. The zero-order valence-electron chi connectivity index (χ0n) is 19.4. The second-order valence-electron chi connectivity index (χ2n) is 8.93. The van der Waals surface area contributed by atoms with Gasteiger partial charge >= 0.3 is 6.01 Å². The van der Waals surface area contributed by atoms with Crippen molar-refractivity contribution < 1.29 is 31.7 Å². The van der Waals surface area contributed by atoms with E-state index in [2.05, 4.69) is 10.2 Å². The van der Waals surface area contributed by atoms with E-state index in [1.54, 1.807) is 24.3 Å². The highest BCUT2D eigenvalue weighted by Gasteiger charge is 2.44. The number of anilines is 2. The van der Waals surface area contributed by atoms with E-state index in [9.17, 15) is 22.9 Å². The molecule has 1 aromatic heterocycles. The van der Waals surface area contributed by atoms with Crippen LogP contribution in [0.4, 0.5) is 24.9 Å². The van der Waals surface area contributed by atoms with Crippen LogP contribution in [-0.2, 0) is 22.1 Å². The number of alkyl halides is 2. The fourth-order valence-corrected chi connectivity index (χ4v) is 5.75. The van der Waals surface area contributed by atoms with Crippen LogP contribution < -0.4 is 9.80 Å². The molecule has 1 fully saturated rings. The smallest absolute Gasteiger partial charge is 0.318 e.